The lowest BCUT2D eigenvalue weighted by molar-refractivity contribution is 0.0194. The van der Waals surface area contributed by atoms with Crippen LogP contribution in [0.3, 0.4) is 0 Å². The number of rotatable bonds is 4. The molecule has 1 aromatic rings. The topological polar surface area (TPSA) is 95.9 Å². The summed E-state index contributed by atoms with van der Waals surface area (Å²) in [5, 5.41) is 8.04. The number of ether oxygens (including phenoxy) is 1. The molecule has 0 N–H and O–H groups in total. The fourth-order valence-electron chi connectivity index (χ4n) is 2.63. The molecule has 1 unspecified atom stereocenters. The molecule has 2 amide bonds. The van der Waals surface area contributed by atoms with Crippen molar-refractivity contribution in [3.8, 4) is 0 Å². The minimum Gasteiger partial charge on any atom is -0.379 e. The molecule has 2 saturated heterocycles. The van der Waals surface area contributed by atoms with Crippen LogP contribution in [0.1, 0.15) is 6.92 Å². The zero-order valence-corrected chi connectivity index (χ0v) is 14.6. The summed E-state index contributed by atoms with van der Waals surface area (Å²) in [5.74, 6) is -0.0393. The van der Waals surface area contributed by atoms with Crippen LogP contribution < -0.4 is 4.90 Å². The molecule has 11 heteroatoms. The summed E-state index contributed by atoms with van der Waals surface area (Å²) in [7, 11) is -1.70. The van der Waals surface area contributed by atoms with Crippen LogP contribution in [0.25, 0.3) is 0 Å². The first-order chi connectivity index (χ1) is 10.9. The van der Waals surface area contributed by atoms with E-state index in [0.717, 1.165) is 24.4 Å². The van der Waals surface area contributed by atoms with Crippen LogP contribution in [0.15, 0.2) is 4.34 Å². The zero-order chi connectivity index (χ0) is 16.6. The Morgan fingerprint density at radius 2 is 2.00 bits per heavy atom. The summed E-state index contributed by atoms with van der Waals surface area (Å²) in [5.41, 5.74) is 0. The third kappa shape index (κ3) is 3.05. The first-order valence-electron chi connectivity index (χ1n) is 7.36. The van der Waals surface area contributed by atoms with Gasteiger partial charge in [-0.25, -0.2) is 18.1 Å². The Bertz CT molecular complexity index is 685. The summed E-state index contributed by atoms with van der Waals surface area (Å²) < 4.78 is 29.2. The van der Waals surface area contributed by atoms with Crippen LogP contribution >= 0.6 is 11.3 Å². The minimum atomic E-state index is -3.42. The number of hydrogen-bond acceptors (Lipinski definition) is 8. The number of carbonyl (C=O) groups excluding carboxylic acids is 1. The van der Waals surface area contributed by atoms with Gasteiger partial charge in [-0.1, -0.05) is 18.3 Å². The number of aromatic nitrogens is 2. The van der Waals surface area contributed by atoms with Gasteiger partial charge in [0, 0.05) is 20.1 Å². The van der Waals surface area contributed by atoms with E-state index in [1.165, 1.54) is 4.90 Å². The number of urea groups is 1. The lowest BCUT2D eigenvalue weighted by Gasteiger charge is -2.34. The largest absolute Gasteiger partial charge is 0.379 e. The number of hydrogen-bond donors (Lipinski definition) is 0. The van der Waals surface area contributed by atoms with Gasteiger partial charge in [-0.3, -0.25) is 4.90 Å². The van der Waals surface area contributed by atoms with Gasteiger partial charge in [0.05, 0.1) is 25.5 Å². The van der Waals surface area contributed by atoms with Crippen LogP contribution in [-0.4, -0.2) is 86.3 Å². The molecule has 0 spiro atoms. The van der Waals surface area contributed by atoms with E-state index in [-0.39, 0.29) is 22.3 Å². The second-order valence-corrected chi connectivity index (χ2v) is 8.82. The molecule has 2 aliphatic heterocycles. The Morgan fingerprint density at radius 3 is 2.65 bits per heavy atom. The molecule has 1 atom stereocenters. The number of amides is 2. The monoisotopic (exact) mass is 361 g/mol. The van der Waals surface area contributed by atoms with Crippen molar-refractivity contribution in [1.29, 1.82) is 0 Å². The molecule has 9 nitrogen and oxygen atoms in total. The van der Waals surface area contributed by atoms with Gasteiger partial charge in [0.25, 0.3) is 0 Å². The number of nitrogens with zero attached hydrogens (tertiary/aromatic N) is 5. The van der Waals surface area contributed by atoms with Crippen LogP contribution in [-0.2, 0) is 14.6 Å². The summed E-state index contributed by atoms with van der Waals surface area (Å²) in [6.07, 6.45) is -0.179. The molecule has 128 valence electrons. The smallest absolute Gasteiger partial charge is 0.327 e. The molecule has 2 aliphatic rings. The van der Waals surface area contributed by atoms with Gasteiger partial charge in [0.2, 0.25) is 19.3 Å². The first kappa shape index (κ1) is 16.6. The van der Waals surface area contributed by atoms with E-state index in [2.05, 4.69) is 15.1 Å². The van der Waals surface area contributed by atoms with Crippen LogP contribution in [0.4, 0.5) is 9.93 Å². The summed E-state index contributed by atoms with van der Waals surface area (Å²) in [6, 6.07) is -0.196. The third-order valence-electron chi connectivity index (χ3n) is 3.98. The predicted molar refractivity (Wildman–Crippen MR) is 84.3 cm³/mol. The van der Waals surface area contributed by atoms with Crippen molar-refractivity contribution in [2.45, 2.75) is 17.4 Å². The lowest BCUT2D eigenvalue weighted by Crippen LogP contribution is -2.51. The second-order valence-electron chi connectivity index (χ2n) is 5.42. The minimum absolute atomic E-state index is 0.0393. The normalized spacial score (nSPS) is 23.7. The highest BCUT2D eigenvalue weighted by molar-refractivity contribution is 7.93. The number of anilines is 1. The Balaban J connectivity index is 1.90. The Morgan fingerprint density at radius 1 is 1.30 bits per heavy atom. The highest BCUT2D eigenvalue weighted by atomic mass is 32.2. The quantitative estimate of drug-likeness (QED) is 0.689. The van der Waals surface area contributed by atoms with Gasteiger partial charge in [-0.05, 0) is 0 Å². The van der Waals surface area contributed by atoms with E-state index < -0.39 is 9.84 Å². The molecule has 3 heterocycles. The maximum atomic E-state index is 12.5. The predicted octanol–water partition coefficient (Wildman–Crippen LogP) is -0.138. The van der Waals surface area contributed by atoms with Crippen molar-refractivity contribution < 1.29 is 17.9 Å². The summed E-state index contributed by atoms with van der Waals surface area (Å²) in [4.78, 5) is 17.8. The van der Waals surface area contributed by atoms with E-state index in [1.807, 2.05) is 0 Å². The molecule has 0 aliphatic carbocycles. The van der Waals surface area contributed by atoms with Crippen molar-refractivity contribution in [3.63, 3.8) is 0 Å². The van der Waals surface area contributed by atoms with Gasteiger partial charge in [0.15, 0.2) is 0 Å². The summed E-state index contributed by atoms with van der Waals surface area (Å²) >= 11 is 0.946. The van der Waals surface area contributed by atoms with Crippen molar-refractivity contribution in [3.05, 3.63) is 0 Å². The third-order valence-corrected chi connectivity index (χ3v) is 7.09. The fraction of sp³-hybridized carbons (Fsp3) is 0.750. The molecule has 2 fully saturated rings. The Labute approximate surface area is 138 Å². The molecule has 0 saturated carbocycles. The maximum absolute atomic E-state index is 12.5. The van der Waals surface area contributed by atoms with E-state index in [0.29, 0.717) is 24.9 Å². The molecule has 1 aromatic heterocycles. The average molecular weight is 361 g/mol. The molecule has 0 bridgehead atoms. The van der Waals surface area contributed by atoms with Gasteiger partial charge in [0.1, 0.15) is 6.17 Å². The van der Waals surface area contributed by atoms with E-state index >= 15 is 0 Å². The van der Waals surface area contributed by atoms with Crippen molar-refractivity contribution in [1.82, 2.24) is 20.0 Å². The molecule has 0 radical (unpaired) electrons. The van der Waals surface area contributed by atoms with Gasteiger partial charge < -0.3 is 9.64 Å². The van der Waals surface area contributed by atoms with E-state index in [1.54, 1.807) is 18.9 Å². The van der Waals surface area contributed by atoms with Gasteiger partial charge in [-0.2, -0.15) is 0 Å². The highest BCUT2D eigenvalue weighted by Crippen LogP contribution is 2.31. The molecule has 23 heavy (non-hydrogen) atoms. The number of likely N-dealkylation sites (N-methyl/N-ethyl adjacent to an activating group) is 1. The second kappa shape index (κ2) is 6.30. The maximum Gasteiger partial charge on any atom is 0.327 e. The van der Waals surface area contributed by atoms with E-state index in [9.17, 15) is 13.2 Å². The van der Waals surface area contributed by atoms with Crippen molar-refractivity contribution in [2.75, 3.05) is 50.5 Å². The van der Waals surface area contributed by atoms with Gasteiger partial charge in [-0.15, -0.1) is 10.2 Å². The number of carbonyl (C=O) groups is 1. The van der Waals surface area contributed by atoms with E-state index in [4.69, 9.17) is 4.74 Å². The van der Waals surface area contributed by atoms with Crippen LogP contribution in [0.5, 0.6) is 0 Å². The molecular weight excluding hydrogens is 342 g/mol. The molecule has 0 aromatic carbocycles. The van der Waals surface area contributed by atoms with Crippen LogP contribution in [0.2, 0.25) is 0 Å². The van der Waals surface area contributed by atoms with Gasteiger partial charge >= 0.3 is 6.03 Å². The molecule has 3 rings (SSSR count). The summed E-state index contributed by atoms with van der Waals surface area (Å²) in [6.45, 7) is 4.78. The lowest BCUT2D eigenvalue weighted by atomic mass is 10.3. The average Bonchev–Trinajstić information content (AvgIpc) is 3.14. The molecular formula is C12H19N5O4S2. The highest BCUT2D eigenvalue weighted by Gasteiger charge is 2.42. The standard InChI is InChI=1S/C12H19N5O4S2/c1-3-23(19,20)11-14-13-10(22-11)17-9(8-15(2)12(17)18)16-4-6-21-7-5-16/h9H,3-8H2,1-2H3. The zero-order valence-electron chi connectivity index (χ0n) is 13.0. The SMILES string of the molecule is CCS(=O)(=O)c1nnc(N2C(=O)N(C)CC2N2CCOCC2)s1. The van der Waals surface area contributed by atoms with Crippen molar-refractivity contribution in [2.24, 2.45) is 0 Å². The first-order valence-corrected chi connectivity index (χ1v) is 9.83. The van der Waals surface area contributed by atoms with Crippen LogP contribution in [0, 0.1) is 0 Å². The number of morpholine rings is 1. The number of sulfone groups is 1. The Hall–Kier alpha value is -1.30. The van der Waals surface area contributed by atoms with Crippen molar-refractivity contribution >= 4 is 32.3 Å². The fourth-order valence-corrected chi connectivity index (χ4v) is 4.74. The Kier molecular flexibility index (Phi) is 4.54.